The first-order chi connectivity index (χ1) is 14.2. The number of methoxy groups -OCH3 is 1. The van der Waals surface area contributed by atoms with Crippen LogP contribution in [0.4, 0.5) is 0 Å². The van der Waals surface area contributed by atoms with E-state index in [1.54, 1.807) is 13.3 Å². The van der Waals surface area contributed by atoms with Crippen molar-refractivity contribution in [3.8, 4) is 5.75 Å². The van der Waals surface area contributed by atoms with Gasteiger partial charge in [-0.05, 0) is 30.7 Å². The van der Waals surface area contributed by atoms with Crippen LogP contribution in [0, 0.1) is 0 Å². The molecule has 1 unspecified atom stereocenters. The highest BCUT2D eigenvalue weighted by Crippen LogP contribution is 2.23. The van der Waals surface area contributed by atoms with E-state index in [1.807, 2.05) is 29.9 Å². The molecule has 2 heterocycles. The summed E-state index contributed by atoms with van der Waals surface area (Å²) in [5.41, 5.74) is 2.32. The van der Waals surface area contributed by atoms with E-state index in [1.165, 1.54) is 5.56 Å². The van der Waals surface area contributed by atoms with Crippen molar-refractivity contribution in [1.29, 1.82) is 0 Å². The van der Waals surface area contributed by atoms with E-state index in [2.05, 4.69) is 39.7 Å². The van der Waals surface area contributed by atoms with Gasteiger partial charge in [-0.2, -0.15) is 5.10 Å². The molecule has 166 valence electrons. The number of hydrogen-bond acceptors (Lipinski definition) is 5. The molecule has 1 saturated heterocycles. The lowest BCUT2D eigenvalue weighted by molar-refractivity contribution is 0.0170. The average Bonchev–Trinajstić information content (AvgIpc) is 3.18. The first-order valence-corrected chi connectivity index (χ1v) is 10.2. The number of rotatable bonds is 8. The van der Waals surface area contributed by atoms with E-state index < -0.39 is 0 Å². The van der Waals surface area contributed by atoms with E-state index in [9.17, 15) is 0 Å². The Hall–Kier alpha value is -1.85. The van der Waals surface area contributed by atoms with Crippen molar-refractivity contribution < 1.29 is 9.47 Å². The number of aliphatic imine (C=N–C) groups is 1. The van der Waals surface area contributed by atoms with Crippen LogP contribution < -0.4 is 15.4 Å². The van der Waals surface area contributed by atoms with E-state index in [4.69, 9.17) is 14.5 Å². The number of morpholine rings is 1. The molecule has 1 aliphatic heterocycles. The fraction of sp³-hybridized carbons (Fsp3) is 0.524. The molecule has 2 aromatic rings. The zero-order valence-electron chi connectivity index (χ0n) is 18.0. The Labute approximate surface area is 196 Å². The second-order valence-corrected chi connectivity index (χ2v) is 6.96. The molecule has 2 N–H and O–H groups in total. The first-order valence-electron chi connectivity index (χ1n) is 10.2. The maximum Gasteiger partial charge on any atom is 0.191 e. The Balaban J connectivity index is 0.00000320. The van der Waals surface area contributed by atoms with Crippen LogP contribution in [0.3, 0.4) is 0 Å². The summed E-state index contributed by atoms with van der Waals surface area (Å²) in [4.78, 5) is 7.19. The van der Waals surface area contributed by atoms with E-state index in [-0.39, 0.29) is 30.0 Å². The van der Waals surface area contributed by atoms with Crippen molar-refractivity contribution in [2.75, 3.05) is 46.5 Å². The van der Waals surface area contributed by atoms with Crippen LogP contribution in [0.1, 0.15) is 24.2 Å². The number of ether oxygens (including phenoxy) is 2. The monoisotopic (exact) mass is 528 g/mol. The summed E-state index contributed by atoms with van der Waals surface area (Å²) in [6, 6.07) is 10.5. The highest BCUT2D eigenvalue weighted by molar-refractivity contribution is 14.0. The summed E-state index contributed by atoms with van der Waals surface area (Å²) in [5, 5.41) is 11.1. The van der Waals surface area contributed by atoms with Gasteiger partial charge in [0.1, 0.15) is 5.75 Å². The number of nitrogens with one attached hydrogen (secondary N) is 2. The predicted octanol–water partition coefficient (Wildman–Crippen LogP) is 2.18. The smallest absolute Gasteiger partial charge is 0.191 e. The number of guanidine groups is 1. The second kappa shape index (κ2) is 12.8. The average molecular weight is 528 g/mol. The summed E-state index contributed by atoms with van der Waals surface area (Å²) < 4.78 is 12.7. The standard InChI is InChI=1S/C21H32N6O2.HI/c1-4-22-21(23-15-18-9-10-25-26(18)2)24-16-20(27-11-13-29-14-12-27)17-5-7-19(28-3)8-6-17;/h5-10,20H,4,11-16H2,1-3H3,(H2,22,23,24);1H. The number of benzene rings is 1. The molecule has 9 heteroatoms. The summed E-state index contributed by atoms with van der Waals surface area (Å²) >= 11 is 0. The summed E-state index contributed by atoms with van der Waals surface area (Å²) in [5.74, 6) is 1.67. The molecule has 0 amide bonds. The van der Waals surface area contributed by atoms with Gasteiger partial charge >= 0.3 is 0 Å². The molecule has 0 saturated carbocycles. The van der Waals surface area contributed by atoms with E-state index in [0.717, 1.165) is 56.8 Å². The molecule has 0 radical (unpaired) electrons. The van der Waals surface area contributed by atoms with Gasteiger partial charge in [0.25, 0.3) is 0 Å². The lowest BCUT2D eigenvalue weighted by Crippen LogP contribution is -2.46. The van der Waals surface area contributed by atoms with Crippen LogP contribution in [0.2, 0.25) is 0 Å². The highest BCUT2D eigenvalue weighted by atomic mass is 127. The van der Waals surface area contributed by atoms with E-state index in [0.29, 0.717) is 6.54 Å². The van der Waals surface area contributed by atoms with Crippen LogP contribution in [-0.4, -0.2) is 67.1 Å². The SMILES string of the molecule is CCNC(=NCc1ccnn1C)NCC(c1ccc(OC)cc1)N1CCOCC1.I. The third-order valence-corrected chi connectivity index (χ3v) is 5.12. The van der Waals surface area contributed by atoms with Crippen LogP contribution in [-0.2, 0) is 18.3 Å². The van der Waals surface area contributed by atoms with Crippen LogP contribution in [0.25, 0.3) is 0 Å². The molecule has 1 fully saturated rings. The number of hydrogen-bond donors (Lipinski definition) is 2. The van der Waals surface area contributed by atoms with Gasteiger partial charge in [-0.1, -0.05) is 12.1 Å². The maximum absolute atomic E-state index is 5.55. The van der Waals surface area contributed by atoms with Gasteiger partial charge in [-0.15, -0.1) is 24.0 Å². The summed E-state index contributed by atoms with van der Waals surface area (Å²) in [6.45, 7) is 7.58. The number of aromatic nitrogens is 2. The Morgan fingerprint density at radius 1 is 1.20 bits per heavy atom. The van der Waals surface area contributed by atoms with Crippen molar-refractivity contribution >= 4 is 29.9 Å². The van der Waals surface area contributed by atoms with Gasteiger partial charge in [-0.25, -0.2) is 4.99 Å². The predicted molar refractivity (Wildman–Crippen MR) is 130 cm³/mol. The van der Waals surface area contributed by atoms with E-state index >= 15 is 0 Å². The Morgan fingerprint density at radius 3 is 2.53 bits per heavy atom. The molecule has 8 nitrogen and oxygen atoms in total. The minimum Gasteiger partial charge on any atom is -0.497 e. The Morgan fingerprint density at radius 2 is 1.93 bits per heavy atom. The molecule has 1 aliphatic rings. The highest BCUT2D eigenvalue weighted by Gasteiger charge is 2.23. The number of halogens is 1. The molecule has 30 heavy (non-hydrogen) atoms. The topological polar surface area (TPSA) is 75.9 Å². The van der Waals surface area contributed by atoms with Crippen LogP contribution in [0.5, 0.6) is 5.75 Å². The largest absolute Gasteiger partial charge is 0.497 e. The molecule has 0 bridgehead atoms. The van der Waals surface area contributed by atoms with Crippen molar-refractivity contribution in [1.82, 2.24) is 25.3 Å². The molecular weight excluding hydrogens is 495 g/mol. The third kappa shape index (κ3) is 6.85. The van der Waals surface area contributed by atoms with Gasteiger partial charge < -0.3 is 20.1 Å². The third-order valence-electron chi connectivity index (χ3n) is 5.12. The fourth-order valence-corrected chi connectivity index (χ4v) is 3.42. The second-order valence-electron chi connectivity index (χ2n) is 6.96. The Bertz CT molecular complexity index is 774. The first kappa shape index (κ1) is 24.4. The lowest BCUT2D eigenvalue weighted by atomic mass is 10.0. The number of nitrogens with zero attached hydrogens (tertiary/aromatic N) is 4. The van der Waals surface area contributed by atoms with Gasteiger partial charge in [0, 0.05) is 39.4 Å². The minimum atomic E-state index is 0. The van der Waals surface area contributed by atoms with Gasteiger partial charge in [0.2, 0.25) is 0 Å². The Kier molecular flexibility index (Phi) is 10.4. The van der Waals surface area contributed by atoms with Gasteiger partial charge in [0.05, 0.1) is 38.6 Å². The quantitative estimate of drug-likeness (QED) is 0.311. The maximum atomic E-state index is 5.55. The fourth-order valence-electron chi connectivity index (χ4n) is 3.42. The zero-order chi connectivity index (χ0) is 20.5. The van der Waals surface area contributed by atoms with Gasteiger partial charge in [0.15, 0.2) is 5.96 Å². The zero-order valence-corrected chi connectivity index (χ0v) is 20.3. The van der Waals surface area contributed by atoms with Gasteiger partial charge in [-0.3, -0.25) is 9.58 Å². The summed E-state index contributed by atoms with van der Waals surface area (Å²) in [7, 11) is 3.63. The lowest BCUT2D eigenvalue weighted by Gasteiger charge is -2.35. The minimum absolute atomic E-state index is 0. The molecule has 0 spiro atoms. The van der Waals surface area contributed by atoms with Crippen LogP contribution in [0.15, 0.2) is 41.5 Å². The number of aryl methyl sites for hydroxylation is 1. The van der Waals surface area contributed by atoms with Crippen LogP contribution >= 0.6 is 24.0 Å². The van der Waals surface area contributed by atoms with Crippen molar-refractivity contribution in [2.45, 2.75) is 19.5 Å². The molecule has 1 aromatic heterocycles. The normalized spacial score (nSPS) is 15.9. The molecule has 0 aliphatic carbocycles. The van der Waals surface area contributed by atoms with Crippen molar-refractivity contribution in [3.05, 3.63) is 47.8 Å². The molecule has 1 aromatic carbocycles. The van der Waals surface area contributed by atoms with Crippen molar-refractivity contribution in [2.24, 2.45) is 12.0 Å². The molecular formula is C21H33IN6O2. The molecule has 1 atom stereocenters. The summed E-state index contributed by atoms with van der Waals surface area (Å²) in [6.07, 6.45) is 1.79. The van der Waals surface area contributed by atoms with Crippen molar-refractivity contribution in [3.63, 3.8) is 0 Å². The molecule has 3 rings (SSSR count).